The Morgan fingerprint density at radius 2 is 2.25 bits per heavy atom. The predicted molar refractivity (Wildman–Crippen MR) is 46.1 cm³/mol. The summed E-state index contributed by atoms with van der Waals surface area (Å²) >= 11 is 0. The number of nitrogens with zero attached hydrogens (tertiary/aromatic N) is 1. The van der Waals surface area contributed by atoms with Crippen LogP contribution in [0.4, 0.5) is 4.39 Å². The summed E-state index contributed by atoms with van der Waals surface area (Å²) in [6, 6.07) is 0. The monoisotopic (exact) mass is 171 g/mol. The van der Waals surface area contributed by atoms with Gasteiger partial charge in [-0.05, 0) is 25.5 Å². The molecule has 0 aromatic heterocycles. The molecule has 1 aliphatic heterocycles. The Labute approximate surface area is 72.3 Å². The first-order chi connectivity index (χ1) is 5.66. The largest absolute Gasteiger partial charge is 0.479 e. The average molecular weight is 171 g/mol. The highest BCUT2D eigenvalue weighted by Crippen LogP contribution is 2.21. The fourth-order valence-electron chi connectivity index (χ4n) is 1.11. The molecule has 0 saturated carbocycles. The molecular weight excluding hydrogens is 157 g/mol. The Morgan fingerprint density at radius 3 is 2.83 bits per heavy atom. The predicted octanol–water partition coefficient (Wildman–Crippen LogP) is 2.05. The third kappa shape index (κ3) is 1.60. The van der Waals surface area contributed by atoms with Crippen LogP contribution >= 0.6 is 0 Å². The van der Waals surface area contributed by atoms with Gasteiger partial charge in [0.1, 0.15) is 0 Å². The highest BCUT2D eigenvalue weighted by Gasteiger charge is 2.21. The summed E-state index contributed by atoms with van der Waals surface area (Å²) in [5, 5.41) is 0. The van der Waals surface area contributed by atoms with E-state index in [9.17, 15) is 4.39 Å². The summed E-state index contributed by atoms with van der Waals surface area (Å²) in [5.74, 6) is 0.593. The molecule has 12 heavy (non-hydrogen) atoms. The molecule has 0 aromatic carbocycles. The van der Waals surface area contributed by atoms with E-state index in [0.29, 0.717) is 18.1 Å². The van der Waals surface area contributed by atoms with Crippen molar-refractivity contribution in [1.82, 2.24) is 4.90 Å². The van der Waals surface area contributed by atoms with Crippen molar-refractivity contribution < 1.29 is 9.13 Å². The first-order valence-corrected chi connectivity index (χ1v) is 4.05. The average Bonchev–Trinajstić information content (AvgIpc) is 2.07. The van der Waals surface area contributed by atoms with E-state index in [0.717, 1.165) is 0 Å². The highest BCUT2D eigenvalue weighted by atomic mass is 19.1. The first kappa shape index (κ1) is 9.10. The second-order valence-electron chi connectivity index (χ2n) is 2.80. The lowest BCUT2D eigenvalue weighted by Gasteiger charge is -2.28. The van der Waals surface area contributed by atoms with Gasteiger partial charge in [-0.1, -0.05) is 6.08 Å². The SMILES string of the molecule is CCOC1=CC=C(C)C(F)N1C. The lowest BCUT2D eigenvalue weighted by atomic mass is 10.2. The van der Waals surface area contributed by atoms with E-state index < -0.39 is 6.30 Å². The molecule has 0 aliphatic carbocycles. The smallest absolute Gasteiger partial charge is 0.196 e. The van der Waals surface area contributed by atoms with Gasteiger partial charge in [0, 0.05) is 7.05 Å². The van der Waals surface area contributed by atoms with Crippen molar-refractivity contribution in [3.63, 3.8) is 0 Å². The van der Waals surface area contributed by atoms with Crippen LogP contribution in [0.5, 0.6) is 0 Å². The van der Waals surface area contributed by atoms with Gasteiger partial charge in [-0.15, -0.1) is 0 Å². The summed E-state index contributed by atoms with van der Waals surface area (Å²) in [4.78, 5) is 1.48. The van der Waals surface area contributed by atoms with Gasteiger partial charge in [0.05, 0.1) is 6.61 Å². The molecule has 1 heterocycles. The molecule has 0 radical (unpaired) electrons. The van der Waals surface area contributed by atoms with Crippen molar-refractivity contribution in [2.75, 3.05) is 13.7 Å². The maximum Gasteiger partial charge on any atom is 0.196 e. The Morgan fingerprint density at radius 1 is 1.58 bits per heavy atom. The molecule has 1 unspecified atom stereocenters. The maximum atomic E-state index is 13.3. The summed E-state index contributed by atoms with van der Waals surface area (Å²) in [7, 11) is 1.68. The Bertz CT molecular complexity index is 223. The number of alkyl halides is 1. The van der Waals surface area contributed by atoms with E-state index in [-0.39, 0.29) is 0 Å². The number of halogens is 1. The summed E-state index contributed by atoms with van der Waals surface area (Å²) in [6.45, 7) is 4.21. The topological polar surface area (TPSA) is 12.5 Å². The normalized spacial score (nSPS) is 23.3. The van der Waals surface area contributed by atoms with E-state index in [1.807, 2.05) is 6.92 Å². The fraction of sp³-hybridized carbons (Fsp3) is 0.556. The Hall–Kier alpha value is -0.990. The van der Waals surface area contributed by atoms with Gasteiger partial charge in [-0.3, -0.25) is 0 Å². The molecule has 68 valence electrons. The van der Waals surface area contributed by atoms with E-state index in [2.05, 4.69) is 0 Å². The molecular formula is C9H14FNO. The Balaban J connectivity index is 2.75. The molecule has 0 N–H and O–H groups in total. The molecule has 0 spiro atoms. The van der Waals surface area contributed by atoms with Gasteiger partial charge < -0.3 is 9.64 Å². The third-order valence-electron chi connectivity index (χ3n) is 1.84. The maximum absolute atomic E-state index is 13.3. The first-order valence-electron chi connectivity index (χ1n) is 4.05. The van der Waals surface area contributed by atoms with Crippen molar-refractivity contribution in [2.45, 2.75) is 20.1 Å². The number of hydrogen-bond donors (Lipinski definition) is 0. The van der Waals surface area contributed by atoms with Gasteiger partial charge in [0.15, 0.2) is 12.2 Å². The van der Waals surface area contributed by atoms with Crippen LogP contribution in [0.1, 0.15) is 13.8 Å². The molecule has 0 amide bonds. The standard InChI is InChI=1S/C9H14FNO/c1-4-12-8-6-5-7(2)9(10)11(8)3/h5-6,9H,4H2,1-3H3. The summed E-state index contributed by atoms with van der Waals surface area (Å²) in [6.07, 6.45) is 2.49. The van der Waals surface area contributed by atoms with Gasteiger partial charge in [0.25, 0.3) is 0 Å². The van der Waals surface area contributed by atoms with E-state index in [1.54, 1.807) is 26.1 Å². The van der Waals surface area contributed by atoms with Crippen molar-refractivity contribution in [3.8, 4) is 0 Å². The molecule has 1 aliphatic rings. The summed E-state index contributed by atoms with van der Waals surface area (Å²) < 4.78 is 18.5. The van der Waals surface area contributed by atoms with Crippen molar-refractivity contribution in [1.29, 1.82) is 0 Å². The number of rotatable bonds is 2. The highest BCUT2D eigenvalue weighted by molar-refractivity contribution is 5.21. The van der Waals surface area contributed by atoms with Crippen LogP contribution < -0.4 is 0 Å². The van der Waals surface area contributed by atoms with Gasteiger partial charge in [-0.25, -0.2) is 4.39 Å². The second-order valence-corrected chi connectivity index (χ2v) is 2.80. The minimum atomic E-state index is -1.04. The molecule has 3 heteroatoms. The van der Waals surface area contributed by atoms with Gasteiger partial charge in [-0.2, -0.15) is 0 Å². The number of allylic oxidation sites excluding steroid dienone is 2. The number of ether oxygens (including phenoxy) is 1. The van der Waals surface area contributed by atoms with Crippen LogP contribution in [-0.4, -0.2) is 24.9 Å². The third-order valence-corrected chi connectivity index (χ3v) is 1.84. The zero-order chi connectivity index (χ0) is 9.14. The number of hydrogen-bond acceptors (Lipinski definition) is 2. The van der Waals surface area contributed by atoms with Gasteiger partial charge in [0.2, 0.25) is 0 Å². The van der Waals surface area contributed by atoms with Crippen LogP contribution in [0.3, 0.4) is 0 Å². The van der Waals surface area contributed by atoms with Crippen molar-refractivity contribution in [2.24, 2.45) is 0 Å². The van der Waals surface area contributed by atoms with E-state index in [4.69, 9.17) is 4.74 Å². The quantitative estimate of drug-likeness (QED) is 0.589. The van der Waals surface area contributed by atoms with Crippen molar-refractivity contribution in [3.05, 3.63) is 23.6 Å². The Kier molecular flexibility index (Phi) is 2.74. The minimum Gasteiger partial charge on any atom is -0.479 e. The van der Waals surface area contributed by atoms with Crippen LogP contribution in [-0.2, 0) is 4.74 Å². The summed E-state index contributed by atoms with van der Waals surface area (Å²) in [5.41, 5.74) is 0.709. The zero-order valence-electron chi connectivity index (χ0n) is 7.67. The molecule has 0 saturated heterocycles. The minimum absolute atomic E-state index is 0.565. The van der Waals surface area contributed by atoms with E-state index >= 15 is 0 Å². The van der Waals surface area contributed by atoms with Gasteiger partial charge >= 0.3 is 0 Å². The van der Waals surface area contributed by atoms with Crippen molar-refractivity contribution >= 4 is 0 Å². The fourth-order valence-corrected chi connectivity index (χ4v) is 1.11. The zero-order valence-corrected chi connectivity index (χ0v) is 7.67. The van der Waals surface area contributed by atoms with E-state index in [1.165, 1.54) is 4.90 Å². The number of likely N-dealkylation sites (N-methyl/N-ethyl adjacent to an activating group) is 1. The molecule has 0 aromatic rings. The molecule has 0 bridgehead atoms. The van der Waals surface area contributed by atoms with Crippen LogP contribution in [0.25, 0.3) is 0 Å². The molecule has 2 nitrogen and oxygen atoms in total. The van der Waals surface area contributed by atoms with Crippen LogP contribution in [0.2, 0.25) is 0 Å². The van der Waals surface area contributed by atoms with Crippen LogP contribution in [0, 0.1) is 0 Å². The second kappa shape index (κ2) is 3.61. The lowest BCUT2D eigenvalue weighted by molar-refractivity contribution is 0.0693. The molecule has 0 fully saturated rings. The molecule has 1 atom stereocenters. The van der Waals surface area contributed by atoms with Crippen LogP contribution in [0.15, 0.2) is 23.6 Å². The lowest BCUT2D eigenvalue weighted by Crippen LogP contribution is -2.31. The molecule has 1 rings (SSSR count).